The summed E-state index contributed by atoms with van der Waals surface area (Å²) in [6.07, 6.45) is 4.61. The van der Waals surface area contributed by atoms with E-state index in [1.807, 2.05) is 11.0 Å². The van der Waals surface area contributed by atoms with Crippen molar-refractivity contribution in [3.8, 4) is 17.0 Å². The van der Waals surface area contributed by atoms with Crippen molar-refractivity contribution in [1.82, 2.24) is 20.4 Å². The Balaban J connectivity index is 0.00000196. The van der Waals surface area contributed by atoms with Gasteiger partial charge in [0.2, 0.25) is 0 Å². The molecule has 0 aliphatic carbocycles. The molecule has 0 radical (unpaired) electrons. The zero-order chi connectivity index (χ0) is 17.3. The number of aromatic hydroxyl groups is 1. The normalized spacial score (nSPS) is 19.2. The number of para-hydroxylation sites is 1. The molecule has 1 aromatic heterocycles. The smallest absolute Gasteiger partial charge is 0.271 e. The van der Waals surface area contributed by atoms with Crippen molar-refractivity contribution in [2.24, 2.45) is 5.41 Å². The number of amides is 1. The molecule has 0 atom stereocenters. The number of carbonyl (C=O) groups excluding carboxylic acids is 1. The Morgan fingerprint density at radius 2 is 1.81 bits per heavy atom. The van der Waals surface area contributed by atoms with Crippen LogP contribution in [0.5, 0.6) is 5.75 Å². The minimum absolute atomic E-state index is 0. The van der Waals surface area contributed by atoms with Crippen molar-refractivity contribution in [2.75, 3.05) is 26.2 Å². The van der Waals surface area contributed by atoms with E-state index in [1.54, 1.807) is 24.3 Å². The maximum absolute atomic E-state index is 12.8. The Morgan fingerprint density at radius 3 is 2.50 bits per heavy atom. The number of piperidine rings is 2. The number of hydrogen-bond donors (Lipinski definition) is 3. The number of carbonyl (C=O) groups is 1. The van der Waals surface area contributed by atoms with Crippen LogP contribution in [0.2, 0.25) is 0 Å². The number of phenols is 1. The van der Waals surface area contributed by atoms with Crippen LogP contribution in [0.25, 0.3) is 11.3 Å². The van der Waals surface area contributed by atoms with E-state index in [0.717, 1.165) is 39.0 Å². The highest BCUT2D eigenvalue weighted by Crippen LogP contribution is 2.39. The first-order valence-corrected chi connectivity index (χ1v) is 9.01. The van der Waals surface area contributed by atoms with Crippen molar-refractivity contribution in [3.05, 3.63) is 36.0 Å². The second-order valence-electron chi connectivity index (χ2n) is 7.23. The van der Waals surface area contributed by atoms with Gasteiger partial charge in [0.15, 0.2) is 0 Å². The van der Waals surface area contributed by atoms with E-state index < -0.39 is 0 Å². The molecule has 3 heterocycles. The van der Waals surface area contributed by atoms with Gasteiger partial charge in [0.1, 0.15) is 11.4 Å². The first-order valence-electron chi connectivity index (χ1n) is 9.01. The zero-order valence-corrected chi connectivity index (χ0v) is 15.5. The average Bonchev–Trinajstić information content (AvgIpc) is 3.13. The number of rotatable bonds is 2. The van der Waals surface area contributed by atoms with Crippen LogP contribution in [0.1, 0.15) is 36.2 Å². The molecule has 26 heavy (non-hydrogen) atoms. The highest BCUT2D eigenvalue weighted by atomic mass is 35.5. The molecule has 6 nitrogen and oxygen atoms in total. The fraction of sp³-hybridized carbons (Fsp3) is 0.474. The summed E-state index contributed by atoms with van der Waals surface area (Å²) in [6.45, 7) is 3.81. The standard InChI is InChI=1S/C19H24N4O2.ClH/c24-17-4-2-1-3-14(17)15-13-16(22-21-15)18(25)23-11-7-19(8-12-23)5-9-20-10-6-19;/h1-4,13,20,24H,5-12H2,(H,21,22);1H. The molecular weight excluding hydrogens is 352 g/mol. The molecule has 1 spiro atoms. The van der Waals surface area contributed by atoms with Crippen LogP contribution in [0.4, 0.5) is 0 Å². The van der Waals surface area contributed by atoms with E-state index in [0.29, 0.717) is 22.4 Å². The molecule has 2 fully saturated rings. The Labute approximate surface area is 159 Å². The van der Waals surface area contributed by atoms with Crippen molar-refractivity contribution >= 4 is 18.3 Å². The summed E-state index contributed by atoms with van der Waals surface area (Å²) in [6, 6.07) is 8.75. The molecule has 140 valence electrons. The van der Waals surface area contributed by atoms with Gasteiger partial charge in [0.25, 0.3) is 5.91 Å². The molecule has 0 unspecified atom stereocenters. The predicted octanol–water partition coefficient (Wildman–Crippen LogP) is 2.81. The minimum atomic E-state index is -0.00189. The van der Waals surface area contributed by atoms with Crippen LogP contribution in [-0.4, -0.2) is 52.3 Å². The molecule has 2 saturated heterocycles. The summed E-state index contributed by atoms with van der Waals surface area (Å²) < 4.78 is 0. The van der Waals surface area contributed by atoms with E-state index in [-0.39, 0.29) is 24.1 Å². The van der Waals surface area contributed by atoms with Crippen LogP contribution in [0, 0.1) is 5.41 Å². The molecule has 1 amide bonds. The fourth-order valence-corrected chi connectivity index (χ4v) is 4.07. The van der Waals surface area contributed by atoms with Gasteiger partial charge in [0, 0.05) is 18.7 Å². The predicted molar refractivity (Wildman–Crippen MR) is 103 cm³/mol. The molecule has 7 heteroatoms. The second-order valence-corrected chi connectivity index (χ2v) is 7.23. The summed E-state index contributed by atoms with van der Waals surface area (Å²) in [5.74, 6) is 0.164. The third-order valence-corrected chi connectivity index (χ3v) is 5.76. The topological polar surface area (TPSA) is 81.2 Å². The lowest BCUT2D eigenvalue weighted by molar-refractivity contribution is 0.0491. The molecule has 0 bridgehead atoms. The second kappa shape index (κ2) is 7.68. The quantitative estimate of drug-likeness (QED) is 0.752. The van der Waals surface area contributed by atoms with Gasteiger partial charge in [-0.25, -0.2) is 0 Å². The highest BCUT2D eigenvalue weighted by Gasteiger charge is 2.37. The van der Waals surface area contributed by atoms with E-state index in [9.17, 15) is 9.90 Å². The van der Waals surface area contributed by atoms with E-state index in [4.69, 9.17) is 0 Å². The molecule has 4 rings (SSSR count). The van der Waals surface area contributed by atoms with Crippen LogP contribution in [-0.2, 0) is 0 Å². The maximum atomic E-state index is 12.8. The summed E-state index contributed by atoms with van der Waals surface area (Å²) in [5, 5.41) is 20.4. The van der Waals surface area contributed by atoms with Crippen LogP contribution < -0.4 is 5.32 Å². The summed E-state index contributed by atoms with van der Waals surface area (Å²) in [5.41, 5.74) is 2.13. The Bertz CT molecular complexity index is 760. The van der Waals surface area contributed by atoms with Crippen molar-refractivity contribution in [2.45, 2.75) is 25.7 Å². The van der Waals surface area contributed by atoms with Gasteiger partial charge in [-0.2, -0.15) is 5.10 Å². The number of phenolic OH excluding ortho intramolecular Hbond substituents is 1. The SMILES string of the molecule is Cl.O=C(c1cc(-c2ccccc2O)n[nH]1)N1CCC2(CCNCC2)CC1. The molecule has 2 aliphatic rings. The number of nitrogens with one attached hydrogen (secondary N) is 2. The molecule has 2 aromatic rings. The molecule has 0 saturated carbocycles. The number of H-pyrrole nitrogens is 1. The van der Waals surface area contributed by atoms with E-state index in [2.05, 4.69) is 15.5 Å². The summed E-state index contributed by atoms with van der Waals surface area (Å²) in [7, 11) is 0. The van der Waals surface area contributed by atoms with Crippen LogP contribution in [0.15, 0.2) is 30.3 Å². The van der Waals surface area contributed by atoms with E-state index >= 15 is 0 Å². The number of aromatic amines is 1. The minimum Gasteiger partial charge on any atom is -0.507 e. The summed E-state index contributed by atoms with van der Waals surface area (Å²) in [4.78, 5) is 14.7. The van der Waals surface area contributed by atoms with E-state index in [1.165, 1.54) is 12.8 Å². The lowest BCUT2D eigenvalue weighted by Crippen LogP contribution is -2.47. The van der Waals surface area contributed by atoms with Gasteiger partial charge in [-0.15, -0.1) is 12.4 Å². The maximum Gasteiger partial charge on any atom is 0.271 e. The first kappa shape index (κ1) is 18.7. The third kappa shape index (κ3) is 3.57. The molecule has 2 aliphatic heterocycles. The summed E-state index contributed by atoms with van der Waals surface area (Å²) >= 11 is 0. The number of nitrogens with zero attached hydrogens (tertiary/aromatic N) is 2. The number of halogens is 1. The van der Waals surface area contributed by atoms with Gasteiger partial charge in [-0.3, -0.25) is 9.89 Å². The number of benzene rings is 1. The lowest BCUT2D eigenvalue weighted by Gasteiger charge is -2.44. The average molecular weight is 377 g/mol. The largest absolute Gasteiger partial charge is 0.507 e. The van der Waals surface area contributed by atoms with Gasteiger partial charge in [-0.05, 0) is 62.4 Å². The van der Waals surface area contributed by atoms with Gasteiger partial charge < -0.3 is 15.3 Å². The first-order chi connectivity index (χ1) is 12.2. The highest BCUT2D eigenvalue weighted by molar-refractivity contribution is 5.93. The van der Waals surface area contributed by atoms with Crippen molar-refractivity contribution in [1.29, 1.82) is 0 Å². The van der Waals surface area contributed by atoms with Crippen molar-refractivity contribution < 1.29 is 9.90 Å². The van der Waals surface area contributed by atoms with Crippen molar-refractivity contribution in [3.63, 3.8) is 0 Å². The Morgan fingerprint density at radius 1 is 1.12 bits per heavy atom. The van der Waals surface area contributed by atoms with Gasteiger partial charge >= 0.3 is 0 Å². The number of likely N-dealkylation sites (tertiary alicyclic amines) is 1. The number of aromatic nitrogens is 2. The van der Waals surface area contributed by atoms with Crippen LogP contribution in [0.3, 0.4) is 0 Å². The lowest BCUT2D eigenvalue weighted by atomic mass is 9.71. The Kier molecular flexibility index (Phi) is 5.53. The monoisotopic (exact) mass is 376 g/mol. The Hall–Kier alpha value is -2.05. The van der Waals surface area contributed by atoms with Crippen LogP contribution >= 0.6 is 12.4 Å². The number of hydrogen-bond acceptors (Lipinski definition) is 4. The molecule has 1 aromatic carbocycles. The molecule has 3 N–H and O–H groups in total. The molecular formula is C19H25ClN4O2. The zero-order valence-electron chi connectivity index (χ0n) is 14.7. The van der Waals surface area contributed by atoms with Gasteiger partial charge in [0.05, 0.1) is 5.69 Å². The van der Waals surface area contributed by atoms with Gasteiger partial charge in [-0.1, -0.05) is 12.1 Å². The third-order valence-electron chi connectivity index (χ3n) is 5.76. The fourth-order valence-electron chi connectivity index (χ4n) is 4.07.